The molecule has 0 heterocycles. The van der Waals surface area contributed by atoms with Gasteiger partial charge in [0, 0.05) is 4.47 Å². The Labute approximate surface area is 111 Å². The summed E-state index contributed by atoms with van der Waals surface area (Å²) in [6.45, 7) is 1.87. The summed E-state index contributed by atoms with van der Waals surface area (Å²) in [5, 5.41) is 3.28. The number of halogens is 3. The molecule has 0 aliphatic heterocycles. The van der Waals surface area contributed by atoms with Gasteiger partial charge in [0.15, 0.2) is 0 Å². The summed E-state index contributed by atoms with van der Waals surface area (Å²) >= 11 is 8.70. The van der Waals surface area contributed by atoms with E-state index in [1.54, 1.807) is 6.92 Å². The average Bonchev–Trinajstić information content (AvgIpc) is 2.27. The van der Waals surface area contributed by atoms with Gasteiger partial charge in [-0.1, -0.05) is 11.6 Å². The summed E-state index contributed by atoms with van der Waals surface area (Å²) in [4.78, 5) is 11.1. The topological polar surface area (TPSA) is 50.7 Å². The average molecular weight is 324 g/mol. The van der Waals surface area contributed by atoms with Crippen LogP contribution in [0.4, 0.5) is 10.1 Å². The minimum Gasteiger partial charge on any atom is -0.461 e. The van der Waals surface area contributed by atoms with Crippen LogP contribution < -0.4 is 5.43 Å². The fraction of sp³-hybridized carbons (Fsp3) is 0.200. The van der Waals surface area contributed by atoms with Gasteiger partial charge in [-0.25, -0.2) is 9.18 Å². The van der Waals surface area contributed by atoms with Gasteiger partial charge in [0.05, 0.1) is 12.3 Å². The van der Waals surface area contributed by atoms with Crippen molar-refractivity contribution in [1.29, 1.82) is 0 Å². The monoisotopic (exact) mass is 322 g/mol. The zero-order valence-electron chi connectivity index (χ0n) is 8.84. The fourth-order valence-electron chi connectivity index (χ4n) is 0.926. The van der Waals surface area contributed by atoms with Crippen LogP contribution in [0, 0.1) is 5.82 Å². The fourth-order valence-corrected chi connectivity index (χ4v) is 1.46. The van der Waals surface area contributed by atoms with Gasteiger partial charge in [0.25, 0.3) is 0 Å². The molecule has 0 aliphatic rings. The first kappa shape index (κ1) is 13.9. The zero-order chi connectivity index (χ0) is 12.8. The molecular formula is C10H9BrClFN2O2. The van der Waals surface area contributed by atoms with Crippen LogP contribution in [0.2, 0.25) is 0 Å². The lowest BCUT2D eigenvalue weighted by Crippen LogP contribution is -2.13. The molecule has 0 spiro atoms. The van der Waals surface area contributed by atoms with E-state index in [0.717, 1.165) is 0 Å². The third-order valence-electron chi connectivity index (χ3n) is 1.65. The number of carbonyl (C=O) groups excluding carboxylic acids is 1. The maximum Gasteiger partial charge on any atom is 0.370 e. The Balaban J connectivity index is 2.72. The predicted molar refractivity (Wildman–Crippen MR) is 67.6 cm³/mol. The van der Waals surface area contributed by atoms with Gasteiger partial charge in [-0.2, -0.15) is 5.10 Å². The molecule has 92 valence electrons. The number of anilines is 1. The van der Waals surface area contributed by atoms with Gasteiger partial charge in [-0.15, -0.1) is 0 Å². The number of nitrogens with zero attached hydrogens (tertiary/aromatic N) is 1. The molecule has 1 aromatic rings. The number of hydrazone groups is 1. The van der Waals surface area contributed by atoms with Crippen molar-refractivity contribution in [3.63, 3.8) is 0 Å². The van der Waals surface area contributed by atoms with E-state index >= 15 is 0 Å². The standard InChI is InChI=1S/C10H9BrClFN2O2/c1-2-17-10(16)9(12)15-14-8-4-3-6(13)5-7(8)11/h3-5,14H,2H2,1H3/b15-9-. The highest BCUT2D eigenvalue weighted by molar-refractivity contribution is 9.10. The molecule has 4 nitrogen and oxygen atoms in total. The van der Waals surface area contributed by atoms with Crippen LogP contribution in [0.15, 0.2) is 27.8 Å². The lowest BCUT2D eigenvalue weighted by atomic mass is 10.3. The molecule has 1 aromatic carbocycles. The summed E-state index contributed by atoms with van der Waals surface area (Å²) in [6, 6.07) is 3.97. The Hall–Kier alpha value is -1.14. The highest BCUT2D eigenvalue weighted by Crippen LogP contribution is 2.23. The second-order valence-corrected chi connectivity index (χ2v) is 4.07. The number of carbonyl (C=O) groups is 1. The molecule has 1 rings (SSSR count). The molecule has 7 heteroatoms. The first-order valence-electron chi connectivity index (χ1n) is 4.66. The molecule has 0 fully saturated rings. The van der Waals surface area contributed by atoms with Crippen LogP contribution in [-0.4, -0.2) is 17.7 Å². The van der Waals surface area contributed by atoms with E-state index in [0.29, 0.717) is 10.2 Å². The molecule has 0 saturated carbocycles. The summed E-state index contributed by atoms with van der Waals surface area (Å²) in [6.07, 6.45) is 0. The largest absolute Gasteiger partial charge is 0.461 e. The van der Waals surface area contributed by atoms with Crippen LogP contribution in [0.3, 0.4) is 0 Å². The second-order valence-electron chi connectivity index (χ2n) is 2.86. The second kappa shape index (κ2) is 6.56. The third-order valence-corrected chi connectivity index (χ3v) is 2.54. The molecule has 0 aromatic heterocycles. The number of nitrogens with one attached hydrogen (secondary N) is 1. The Kier molecular flexibility index (Phi) is 5.37. The number of hydrogen-bond donors (Lipinski definition) is 1. The van der Waals surface area contributed by atoms with Crippen molar-refractivity contribution in [3.8, 4) is 0 Å². The minimum absolute atomic E-state index is 0.213. The van der Waals surface area contributed by atoms with Crippen molar-refractivity contribution in [1.82, 2.24) is 0 Å². The Morgan fingerprint density at radius 3 is 2.94 bits per heavy atom. The number of hydrogen-bond acceptors (Lipinski definition) is 4. The SMILES string of the molecule is CCOC(=O)/C(Cl)=N/Nc1ccc(F)cc1Br. The van der Waals surface area contributed by atoms with Crippen LogP contribution in [0.25, 0.3) is 0 Å². The van der Waals surface area contributed by atoms with E-state index in [-0.39, 0.29) is 17.6 Å². The maximum atomic E-state index is 12.8. The highest BCUT2D eigenvalue weighted by Gasteiger charge is 2.09. The molecule has 0 saturated heterocycles. The van der Waals surface area contributed by atoms with Gasteiger partial charge < -0.3 is 4.74 Å². The number of ether oxygens (including phenoxy) is 1. The number of rotatable bonds is 4. The molecular weight excluding hydrogens is 314 g/mol. The highest BCUT2D eigenvalue weighted by atomic mass is 79.9. The number of benzene rings is 1. The summed E-state index contributed by atoms with van der Waals surface area (Å²) in [5.41, 5.74) is 3.00. The summed E-state index contributed by atoms with van der Waals surface area (Å²) in [7, 11) is 0. The van der Waals surface area contributed by atoms with Crippen LogP contribution >= 0.6 is 27.5 Å². The Bertz CT molecular complexity index is 454. The summed E-state index contributed by atoms with van der Waals surface area (Å²) in [5.74, 6) is -1.11. The number of esters is 1. The van der Waals surface area contributed by atoms with Gasteiger partial charge >= 0.3 is 5.97 Å². The maximum absolute atomic E-state index is 12.8. The molecule has 1 N–H and O–H groups in total. The third kappa shape index (κ3) is 4.32. The van der Waals surface area contributed by atoms with Crippen LogP contribution in [0.5, 0.6) is 0 Å². The van der Waals surface area contributed by atoms with Gasteiger partial charge in [-0.3, -0.25) is 5.43 Å². The van der Waals surface area contributed by atoms with Crippen LogP contribution in [0.1, 0.15) is 6.92 Å². The van der Waals surface area contributed by atoms with E-state index < -0.39 is 5.97 Å². The minimum atomic E-state index is -0.722. The first-order valence-corrected chi connectivity index (χ1v) is 5.83. The van der Waals surface area contributed by atoms with E-state index in [9.17, 15) is 9.18 Å². The smallest absolute Gasteiger partial charge is 0.370 e. The quantitative estimate of drug-likeness (QED) is 0.526. The van der Waals surface area contributed by atoms with Crippen molar-refractivity contribution in [2.45, 2.75) is 6.92 Å². The van der Waals surface area contributed by atoms with Crippen LogP contribution in [-0.2, 0) is 9.53 Å². The molecule has 0 amide bonds. The lowest BCUT2D eigenvalue weighted by Gasteiger charge is -2.04. The van der Waals surface area contributed by atoms with E-state index in [4.69, 9.17) is 11.6 Å². The van der Waals surface area contributed by atoms with E-state index in [1.165, 1.54) is 18.2 Å². The van der Waals surface area contributed by atoms with E-state index in [1.807, 2.05) is 0 Å². The predicted octanol–water partition coefficient (Wildman–Crippen LogP) is 3.12. The lowest BCUT2D eigenvalue weighted by molar-refractivity contribution is -0.134. The molecule has 0 aliphatic carbocycles. The summed E-state index contributed by atoms with van der Waals surface area (Å²) < 4.78 is 17.9. The van der Waals surface area contributed by atoms with E-state index in [2.05, 4.69) is 31.2 Å². The van der Waals surface area contributed by atoms with Crippen molar-refractivity contribution in [2.75, 3.05) is 12.0 Å². The molecule has 0 unspecified atom stereocenters. The zero-order valence-corrected chi connectivity index (χ0v) is 11.2. The first-order chi connectivity index (χ1) is 8.04. The van der Waals surface area contributed by atoms with Crippen molar-refractivity contribution >= 4 is 44.4 Å². The van der Waals surface area contributed by atoms with Gasteiger partial charge in [-0.05, 0) is 41.1 Å². The Morgan fingerprint density at radius 2 is 2.35 bits per heavy atom. The molecule has 17 heavy (non-hydrogen) atoms. The van der Waals surface area contributed by atoms with Crippen molar-refractivity contribution < 1.29 is 13.9 Å². The van der Waals surface area contributed by atoms with Gasteiger partial charge in [0.2, 0.25) is 5.17 Å². The van der Waals surface area contributed by atoms with Crippen molar-refractivity contribution in [2.24, 2.45) is 5.10 Å². The molecule has 0 bridgehead atoms. The molecule has 0 radical (unpaired) electrons. The normalized spacial score (nSPS) is 11.2. The van der Waals surface area contributed by atoms with Gasteiger partial charge in [0.1, 0.15) is 5.82 Å². The van der Waals surface area contributed by atoms with Crippen molar-refractivity contribution in [3.05, 3.63) is 28.5 Å². The Morgan fingerprint density at radius 1 is 1.65 bits per heavy atom. The molecule has 0 atom stereocenters.